The molecule has 2 N–H and O–H groups in total. The number of nitrogens with one attached hydrogen (secondary N) is 2. The molecule has 0 saturated carbocycles. The maximum atomic E-state index is 11.7. The molecule has 1 amide bonds. The second-order valence-corrected chi connectivity index (χ2v) is 5.25. The third-order valence-electron chi connectivity index (χ3n) is 2.74. The van der Waals surface area contributed by atoms with Crippen LogP contribution in [0.25, 0.3) is 0 Å². The first-order valence-corrected chi connectivity index (χ1v) is 7.42. The van der Waals surface area contributed by atoms with Crippen LogP contribution in [0.4, 0.5) is 0 Å². The van der Waals surface area contributed by atoms with E-state index in [1.165, 1.54) is 0 Å². The molecule has 0 spiro atoms. The molecule has 0 fully saturated rings. The van der Waals surface area contributed by atoms with E-state index >= 15 is 0 Å². The molecule has 0 heterocycles. The molecule has 0 aliphatic rings. The van der Waals surface area contributed by atoms with Gasteiger partial charge in [0.25, 0.3) is 5.91 Å². The van der Waals surface area contributed by atoms with Gasteiger partial charge < -0.3 is 15.4 Å². The summed E-state index contributed by atoms with van der Waals surface area (Å²) in [5.74, 6) is 0.118. The van der Waals surface area contributed by atoms with E-state index in [9.17, 15) is 4.79 Å². The molecule has 0 bridgehead atoms. The van der Waals surface area contributed by atoms with Crippen molar-refractivity contribution in [3.8, 4) is 5.75 Å². The Hall–Kier alpha value is -2.11. The molecule has 4 nitrogen and oxygen atoms in total. The number of carbonyl (C=O) groups excluding carboxylic acids is 1. The number of halogens is 1. The van der Waals surface area contributed by atoms with E-state index < -0.39 is 0 Å². The summed E-state index contributed by atoms with van der Waals surface area (Å²) in [4.78, 5) is 11.7. The van der Waals surface area contributed by atoms with Gasteiger partial charge in [0.05, 0.1) is 5.02 Å². The van der Waals surface area contributed by atoms with Gasteiger partial charge in [-0.3, -0.25) is 4.79 Å². The topological polar surface area (TPSA) is 50.4 Å². The number of rotatable bonds is 5. The molecule has 114 valence electrons. The van der Waals surface area contributed by atoms with Gasteiger partial charge >= 0.3 is 0 Å². The number of benzene rings is 2. The summed E-state index contributed by atoms with van der Waals surface area (Å²) < 4.78 is 5.33. The lowest BCUT2D eigenvalue weighted by atomic mass is 10.2. The van der Waals surface area contributed by atoms with Gasteiger partial charge in [0.1, 0.15) is 5.75 Å². The minimum Gasteiger partial charge on any atom is -0.482 e. The molecule has 0 aliphatic carbocycles. The van der Waals surface area contributed by atoms with Crippen molar-refractivity contribution in [1.29, 1.82) is 0 Å². The van der Waals surface area contributed by atoms with Crippen molar-refractivity contribution in [1.82, 2.24) is 10.6 Å². The van der Waals surface area contributed by atoms with Crippen molar-refractivity contribution < 1.29 is 9.53 Å². The van der Waals surface area contributed by atoms with Crippen molar-refractivity contribution in [2.75, 3.05) is 6.61 Å². The van der Waals surface area contributed by atoms with Crippen molar-refractivity contribution >= 4 is 34.8 Å². The number of hydrogen-bond donors (Lipinski definition) is 2. The standard InChI is InChI=1S/C16H15ClN2O2S/c17-13-8-4-5-9-14(13)21-11-15(20)19-16(22)18-10-12-6-2-1-3-7-12/h1-9H,10-11H2,(H2,18,19,20,22). The molecule has 0 atom stereocenters. The highest BCUT2D eigenvalue weighted by Gasteiger charge is 2.07. The van der Waals surface area contributed by atoms with E-state index in [0.717, 1.165) is 5.56 Å². The Bertz CT molecular complexity index is 650. The minimum atomic E-state index is -0.342. The monoisotopic (exact) mass is 334 g/mol. The SMILES string of the molecule is O=C(COc1ccccc1Cl)NC(=S)NCc1ccccc1. The summed E-state index contributed by atoms with van der Waals surface area (Å²) in [6.07, 6.45) is 0. The fourth-order valence-electron chi connectivity index (χ4n) is 1.69. The Morgan fingerprint density at radius 2 is 1.77 bits per heavy atom. The van der Waals surface area contributed by atoms with Crippen molar-refractivity contribution in [3.05, 3.63) is 65.2 Å². The van der Waals surface area contributed by atoms with E-state index in [0.29, 0.717) is 17.3 Å². The fraction of sp³-hybridized carbons (Fsp3) is 0.125. The predicted octanol–water partition coefficient (Wildman–Crippen LogP) is 2.91. The van der Waals surface area contributed by atoms with Crippen LogP contribution in [0.15, 0.2) is 54.6 Å². The summed E-state index contributed by atoms with van der Waals surface area (Å²) in [7, 11) is 0. The zero-order chi connectivity index (χ0) is 15.8. The lowest BCUT2D eigenvalue weighted by molar-refractivity contribution is -0.121. The second-order valence-electron chi connectivity index (χ2n) is 4.44. The smallest absolute Gasteiger partial charge is 0.264 e. The number of para-hydroxylation sites is 1. The van der Waals surface area contributed by atoms with Crippen molar-refractivity contribution in [2.45, 2.75) is 6.54 Å². The van der Waals surface area contributed by atoms with Crippen LogP contribution in [0.1, 0.15) is 5.56 Å². The normalized spacial score (nSPS) is 9.86. The van der Waals surface area contributed by atoms with E-state index in [2.05, 4.69) is 10.6 Å². The summed E-state index contributed by atoms with van der Waals surface area (Å²) in [5.41, 5.74) is 1.08. The number of carbonyl (C=O) groups is 1. The van der Waals surface area contributed by atoms with Gasteiger partial charge in [-0.05, 0) is 29.9 Å². The molecule has 0 aliphatic heterocycles. The van der Waals surface area contributed by atoms with Crippen LogP contribution in [-0.4, -0.2) is 17.6 Å². The Kier molecular flexibility index (Phi) is 6.18. The van der Waals surface area contributed by atoms with Gasteiger partial charge in [-0.1, -0.05) is 54.1 Å². The summed E-state index contributed by atoms with van der Waals surface area (Å²) >= 11 is 11.0. The van der Waals surface area contributed by atoms with Crippen molar-refractivity contribution in [2.24, 2.45) is 0 Å². The van der Waals surface area contributed by atoms with Gasteiger partial charge in [-0.15, -0.1) is 0 Å². The highest BCUT2D eigenvalue weighted by molar-refractivity contribution is 7.80. The van der Waals surface area contributed by atoms with Crippen LogP contribution in [-0.2, 0) is 11.3 Å². The van der Waals surface area contributed by atoms with Crippen LogP contribution in [0.2, 0.25) is 5.02 Å². The predicted molar refractivity (Wildman–Crippen MR) is 91.0 cm³/mol. The van der Waals surface area contributed by atoms with Crippen LogP contribution < -0.4 is 15.4 Å². The van der Waals surface area contributed by atoms with E-state index in [1.54, 1.807) is 24.3 Å². The average molecular weight is 335 g/mol. The van der Waals surface area contributed by atoms with E-state index in [-0.39, 0.29) is 17.6 Å². The molecular formula is C16H15ClN2O2S. The maximum absolute atomic E-state index is 11.7. The Morgan fingerprint density at radius 3 is 2.50 bits per heavy atom. The summed E-state index contributed by atoms with van der Waals surface area (Å²) in [5, 5.41) is 6.23. The molecule has 2 aromatic rings. The van der Waals surface area contributed by atoms with Gasteiger partial charge in [0.15, 0.2) is 11.7 Å². The molecule has 0 radical (unpaired) electrons. The first-order valence-electron chi connectivity index (χ1n) is 6.64. The summed E-state index contributed by atoms with van der Waals surface area (Å²) in [6, 6.07) is 16.7. The summed E-state index contributed by atoms with van der Waals surface area (Å²) in [6.45, 7) is 0.391. The van der Waals surface area contributed by atoms with Crippen LogP contribution in [0, 0.1) is 0 Å². The van der Waals surface area contributed by atoms with Crippen LogP contribution >= 0.6 is 23.8 Å². The van der Waals surface area contributed by atoms with Crippen molar-refractivity contribution in [3.63, 3.8) is 0 Å². The minimum absolute atomic E-state index is 0.156. The highest BCUT2D eigenvalue weighted by Crippen LogP contribution is 2.22. The van der Waals surface area contributed by atoms with Gasteiger partial charge in [-0.25, -0.2) is 0 Å². The zero-order valence-corrected chi connectivity index (χ0v) is 13.3. The quantitative estimate of drug-likeness (QED) is 0.825. The molecule has 0 saturated heterocycles. The van der Waals surface area contributed by atoms with Crippen LogP contribution in [0.5, 0.6) is 5.75 Å². The van der Waals surface area contributed by atoms with Gasteiger partial charge in [0, 0.05) is 6.54 Å². The number of ether oxygens (including phenoxy) is 1. The third-order valence-corrected chi connectivity index (χ3v) is 3.30. The molecule has 6 heteroatoms. The largest absolute Gasteiger partial charge is 0.482 e. The Morgan fingerprint density at radius 1 is 1.09 bits per heavy atom. The van der Waals surface area contributed by atoms with E-state index in [4.69, 9.17) is 28.6 Å². The molecule has 0 unspecified atom stereocenters. The molecule has 0 aromatic heterocycles. The number of hydrogen-bond acceptors (Lipinski definition) is 3. The number of thiocarbonyl (C=S) groups is 1. The Labute approximate surface area is 139 Å². The zero-order valence-electron chi connectivity index (χ0n) is 11.7. The Balaban J connectivity index is 1.72. The highest BCUT2D eigenvalue weighted by atomic mass is 35.5. The van der Waals surface area contributed by atoms with Crippen LogP contribution in [0.3, 0.4) is 0 Å². The molecule has 22 heavy (non-hydrogen) atoms. The third kappa shape index (κ3) is 5.35. The average Bonchev–Trinajstić information content (AvgIpc) is 2.53. The molecular weight excluding hydrogens is 320 g/mol. The fourth-order valence-corrected chi connectivity index (χ4v) is 2.07. The second kappa shape index (κ2) is 8.36. The molecule has 2 aromatic carbocycles. The lowest BCUT2D eigenvalue weighted by Gasteiger charge is -2.11. The maximum Gasteiger partial charge on any atom is 0.264 e. The first-order chi connectivity index (χ1) is 10.6. The first kappa shape index (κ1) is 16.3. The molecule has 2 rings (SSSR count). The number of amides is 1. The lowest BCUT2D eigenvalue weighted by Crippen LogP contribution is -2.41. The van der Waals surface area contributed by atoms with E-state index in [1.807, 2.05) is 30.3 Å². The van der Waals surface area contributed by atoms with Gasteiger partial charge in [-0.2, -0.15) is 0 Å². The van der Waals surface area contributed by atoms with Gasteiger partial charge in [0.2, 0.25) is 0 Å².